The zero-order valence-corrected chi connectivity index (χ0v) is 19.4. The SMILES string of the molecule is CCC(C)(C)c1ccc(S(=O)(=O)Nc2ccccc2CCc2ccccc2C(=O)O)cc1. The molecule has 0 aliphatic heterocycles. The second-order valence-corrected chi connectivity index (χ2v) is 10.2. The summed E-state index contributed by atoms with van der Waals surface area (Å²) in [4.78, 5) is 11.7. The number of carboxylic acid groups (broad SMARTS) is 1. The molecule has 0 aliphatic rings. The molecule has 32 heavy (non-hydrogen) atoms. The highest BCUT2D eigenvalue weighted by Crippen LogP contribution is 2.28. The van der Waals surface area contributed by atoms with Gasteiger partial charge in [-0.15, -0.1) is 0 Å². The quantitative estimate of drug-likeness (QED) is 0.440. The number of anilines is 1. The van der Waals surface area contributed by atoms with Crippen LogP contribution in [0.15, 0.2) is 77.7 Å². The van der Waals surface area contributed by atoms with Crippen LogP contribution in [0.4, 0.5) is 5.69 Å². The monoisotopic (exact) mass is 451 g/mol. The molecule has 0 spiro atoms. The number of rotatable bonds is 9. The summed E-state index contributed by atoms with van der Waals surface area (Å²) in [6.45, 7) is 6.37. The summed E-state index contributed by atoms with van der Waals surface area (Å²) in [5.74, 6) is -0.968. The maximum Gasteiger partial charge on any atom is 0.335 e. The van der Waals surface area contributed by atoms with Crippen molar-refractivity contribution in [2.24, 2.45) is 0 Å². The topological polar surface area (TPSA) is 83.5 Å². The summed E-state index contributed by atoms with van der Waals surface area (Å²) >= 11 is 0. The fourth-order valence-electron chi connectivity index (χ4n) is 3.55. The van der Waals surface area contributed by atoms with E-state index < -0.39 is 16.0 Å². The average Bonchev–Trinajstić information content (AvgIpc) is 2.78. The van der Waals surface area contributed by atoms with Crippen molar-refractivity contribution in [1.82, 2.24) is 0 Å². The molecule has 6 heteroatoms. The molecule has 0 saturated carbocycles. The molecule has 0 aromatic heterocycles. The number of aromatic carboxylic acids is 1. The maximum atomic E-state index is 13.0. The molecule has 0 atom stereocenters. The minimum absolute atomic E-state index is 0.0193. The number of para-hydroxylation sites is 1. The molecule has 0 aliphatic carbocycles. The average molecular weight is 452 g/mol. The van der Waals surface area contributed by atoms with Crippen LogP contribution in [-0.2, 0) is 28.3 Å². The fraction of sp³-hybridized carbons (Fsp3) is 0.269. The van der Waals surface area contributed by atoms with Crippen LogP contribution in [0.25, 0.3) is 0 Å². The number of hydrogen-bond donors (Lipinski definition) is 2. The Morgan fingerprint density at radius 2 is 1.44 bits per heavy atom. The first-order valence-electron chi connectivity index (χ1n) is 10.7. The minimum Gasteiger partial charge on any atom is -0.478 e. The summed E-state index contributed by atoms with van der Waals surface area (Å²) in [5.41, 5.74) is 3.36. The van der Waals surface area contributed by atoms with Gasteiger partial charge in [-0.25, -0.2) is 13.2 Å². The minimum atomic E-state index is -3.75. The Morgan fingerprint density at radius 1 is 0.875 bits per heavy atom. The normalized spacial score (nSPS) is 11.8. The van der Waals surface area contributed by atoms with Crippen molar-refractivity contribution in [2.45, 2.75) is 50.3 Å². The third kappa shape index (κ3) is 5.37. The Bertz CT molecular complexity index is 1200. The molecule has 0 fully saturated rings. The number of carboxylic acids is 1. The highest BCUT2D eigenvalue weighted by atomic mass is 32.2. The van der Waals surface area contributed by atoms with E-state index >= 15 is 0 Å². The number of hydrogen-bond acceptors (Lipinski definition) is 3. The summed E-state index contributed by atoms with van der Waals surface area (Å²) in [5, 5.41) is 9.39. The summed E-state index contributed by atoms with van der Waals surface area (Å²) in [6.07, 6.45) is 1.95. The zero-order chi connectivity index (χ0) is 23.4. The van der Waals surface area contributed by atoms with Crippen molar-refractivity contribution in [3.8, 4) is 0 Å². The number of sulfonamides is 1. The smallest absolute Gasteiger partial charge is 0.335 e. The number of benzene rings is 3. The molecule has 5 nitrogen and oxygen atoms in total. The van der Waals surface area contributed by atoms with Crippen molar-refractivity contribution < 1.29 is 18.3 Å². The zero-order valence-electron chi connectivity index (χ0n) is 18.6. The lowest BCUT2D eigenvalue weighted by Gasteiger charge is -2.23. The van der Waals surface area contributed by atoms with Gasteiger partial charge in [0.05, 0.1) is 16.1 Å². The largest absolute Gasteiger partial charge is 0.478 e. The third-order valence-corrected chi connectivity index (χ3v) is 7.38. The van der Waals surface area contributed by atoms with E-state index in [1.165, 1.54) is 0 Å². The fourth-order valence-corrected chi connectivity index (χ4v) is 4.65. The molecular formula is C26H29NO4S. The molecule has 3 rings (SSSR count). The molecule has 2 N–H and O–H groups in total. The molecule has 0 heterocycles. The number of aryl methyl sites for hydroxylation is 2. The second kappa shape index (κ2) is 9.57. The first-order chi connectivity index (χ1) is 15.1. The van der Waals surface area contributed by atoms with Gasteiger partial charge < -0.3 is 5.11 Å². The van der Waals surface area contributed by atoms with E-state index in [2.05, 4.69) is 25.5 Å². The highest BCUT2D eigenvalue weighted by Gasteiger charge is 2.21. The van der Waals surface area contributed by atoms with Crippen LogP contribution >= 0.6 is 0 Å². The van der Waals surface area contributed by atoms with Crippen molar-refractivity contribution >= 4 is 21.7 Å². The molecule has 3 aromatic rings. The van der Waals surface area contributed by atoms with Crippen molar-refractivity contribution in [2.75, 3.05) is 4.72 Å². The van der Waals surface area contributed by atoms with Crippen LogP contribution < -0.4 is 4.72 Å². The van der Waals surface area contributed by atoms with Crippen LogP contribution in [0.5, 0.6) is 0 Å². The van der Waals surface area contributed by atoms with E-state index in [0.717, 1.165) is 17.5 Å². The van der Waals surface area contributed by atoms with Gasteiger partial charge in [-0.05, 0) is 65.6 Å². The van der Waals surface area contributed by atoms with E-state index in [-0.39, 0.29) is 15.9 Å². The van der Waals surface area contributed by atoms with Gasteiger partial charge in [0.15, 0.2) is 0 Å². The molecule has 0 bridgehead atoms. The van der Waals surface area contributed by atoms with Gasteiger partial charge >= 0.3 is 5.97 Å². The van der Waals surface area contributed by atoms with E-state index in [1.54, 1.807) is 48.5 Å². The standard InChI is InChI=1S/C26H29NO4S/c1-4-26(2,3)21-15-17-22(18-16-21)32(30,31)27-24-12-8-6-10-20(24)14-13-19-9-5-7-11-23(19)25(28)29/h5-12,15-18,27H,4,13-14H2,1-3H3,(H,28,29). The van der Waals surface area contributed by atoms with Crippen LogP contribution in [-0.4, -0.2) is 19.5 Å². The Labute approximate surface area is 190 Å². The van der Waals surface area contributed by atoms with Gasteiger partial charge in [0.2, 0.25) is 0 Å². The lowest BCUT2D eigenvalue weighted by Crippen LogP contribution is -2.17. The van der Waals surface area contributed by atoms with E-state index in [4.69, 9.17) is 0 Å². The van der Waals surface area contributed by atoms with Crippen molar-refractivity contribution in [1.29, 1.82) is 0 Å². The van der Waals surface area contributed by atoms with Crippen LogP contribution in [0, 0.1) is 0 Å². The van der Waals surface area contributed by atoms with Gasteiger partial charge in [-0.3, -0.25) is 4.72 Å². The molecule has 0 amide bonds. The molecule has 0 unspecified atom stereocenters. The molecule has 3 aromatic carbocycles. The van der Waals surface area contributed by atoms with Gasteiger partial charge in [-0.2, -0.15) is 0 Å². The number of nitrogens with one attached hydrogen (secondary N) is 1. The number of carbonyl (C=O) groups is 1. The first kappa shape index (κ1) is 23.5. The highest BCUT2D eigenvalue weighted by molar-refractivity contribution is 7.92. The summed E-state index contributed by atoms with van der Waals surface area (Å²) in [6, 6.07) is 21.1. The maximum absolute atomic E-state index is 13.0. The molecule has 0 saturated heterocycles. The Morgan fingerprint density at radius 3 is 2.06 bits per heavy atom. The predicted molar refractivity (Wildman–Crippen MR) is 128 cm³/mol. The van der Waals surface area contributed by atoms with Crippen LogP contribution in [0.3, 0.4) is 0 Å². The Balaban J connectivity index is 1.81. The van der Waals surface area contributed by atoms with E-state index in [0.29, 0.717) is 24.1 Å². The van der Waals surface area contributed by atoms with Gasteiger partial charge in [0, 0.05) is 0 Å². The van der Waals surface area contributed by atoms with E-state index in [1.807, 2.05) is 24.3 Å². The van der Waals surface area contributed by atoms with Gasteiger partial charge in [0.25, 0.3) is 10.0 Å². The van der Waals surface area contributed by atoms with Crippen LogP contribution in [0.1, 0.15) is 54.2 Å². The Hall–Kier alpha value is -3.12. The third-order valence-electron chi connectivity index (χ3n) is 6.00. The molecule has 168 valence electrons. The Kier molecular flexibility index (Phi) is 7.04. The predicted octanol–water partition coefficient (Wildman–Crippen LogP) is 5.66. The lowest BCUT2D eigenvalue weighted by molar-refractivity contribution is 0.0695. The van der Waals surface area contributed by atoms with E-state index in [9.17, 15) is 18.3 Å². The van der Waals surface area contributed by atoms with Gasteiger partial charge in [0.1, 0.15) is 0 Å². The summed E-state index contributed by atoms with van der Waals surface area (Å²) < 4.78 is 28.7. The summed E-state index contributed by atoms with van der Waals surface area (Å²) in [7, 11) is -3.75. The lowest BCUT2D eigenvalue weighted by atomic mass is 9.82. The van der Waals surface area contributed by atoms with Crippen LogP contribution in [0.2, 0.25) is 0 Å². The van der Waals surface area contributed by atoms with Crippen molar-refractivity contribution in [3.63, 3.8) is 0 Å². The van der Waals surface area contributed by atoms with Crippen molar-refractivity contribution in [3.05, 3.63) is 95.1 Å². The second-order valence-electron chi connectivity index (χ2n) is 8.49. The molecule has 0 radical (unpaired) electrons. The first-order valence-corrected chi connectivity index (χ1v) is 12.1. The van der Waals surface area contributed by atoms with Gasteiger partial charge in [-0.1, -0.05) is 69.3 Å². The molecular weight excluding hydrogens is 422 g/mol.